The molecule has 0 saturated carbocycles. The summed E-state index contributed by atoms with van der Waals surface area (Å²) in [5.74, 6) is 0.903. The summed E-state index contributed by atoms with van der Waals surface area (Å²) in [5.41, 5.74) is 8.00. The molecule has 0 bridgehead atoms. The lowest BCUT2D eigenvalue weighted by atomic mass is 9.88. The molecule has 4 N–H and O–H groups in total. The summed E-state index contributed by atoms with van der Waals surface area (Å²) in [5, 5.41) is 16.8. The van der Waals surface area contributed by atoms with Gasteiger partial charge in [0.15, 0.2) is 0 Å². The SMILES string of the molecule is CCCc1nn(C)c(NCC(C)(C)CCCO)c1N. The first-order valence-electron chi connectivity index (χ1n) is 7.07. The highest BCUT2D eigenvalue weighted by atomic mass is 16.2. The first-order chi connectivity index (χ1) is 8.91. The van der Waals surface area contributed by atoms with Gasteiger partial charge in [0.05, 0.1) is 11.4 Å². The number of hydrogen-bond donors (Lipinski definition) is 3. The Morgan fingerprint density at radius 2 is 2.11 bits per heavy atom. The van der Waals surface area contributed by atoms with Crippen LogP contribution in [-0.4, -0.2) is 28.0 Å². The number of aromatic nitrogens is 2. The van der Waals surface area contributed by atoms with Gasteiger partial charge >= 0.3 is 0 Å². The number of anilines is 2. The zero-order valence-electron chi connectivity index (χ0n) is 12.7. The molecule has 1 aromatic rings. The molecule has 0 aliphatic carbocycles. The standard InChI is InChI=1S/C14H28N4O/c1-5-7-11-12(15)13(18(4)17-11)16-10-14(2,3)8-6-9-19/h16,19H,5-10,15H2,1-4H3. The van der Waals surface area contributed by atoms with Crippen molar-refractivity contribution in [3.05, 3.63) is 5.69 Å². The molecule has 19 heavy (non-hydrogen) atoms. The molecule has 5 nitrogen and oxygen atoms in total. The predicted molar refractivity (Wildman–Crippen MR) is 80.2 cm³/mol. The van der Waals surface area contributed by atoms with Crippen LogP contribution in [0.15, 0.2) is 0 Å². The largest absolute Gasteiger partial charge is 0.396 e. The van der Waals surface area contributed by atoms with Gasteiger partial charge in [0.1, 0.15) is 5.82 Å². The van der Waals surface area contributed by atoms with Crippen LogP contribution in [0.3, 0.4) is 0 Å². The number of rotatable bonds is 8. The van der Waals surface area contributed by atoms with Crippen molar-refractivity contribution in [3.63, 3.8) is 0 Å². The summed E-state index contributed by atoms with van der Waals surface area (Å²) in [6.45, 7) is 7.57. The first-order valence-corrected chi connectivity index (χ1v) is 7.07. The van der Waals surface area contributed by atoms with Crippen molar-refractivity contribution in [2.75, 3.05) is 24.2 Å². The van der Waals surface area contributed by atoms with E-state index < -0.39 is 0 Å². The van der Waals surface area contributed by atoms with E-state index in [0.29, 0.717) is 0 Å². The van der Waals surface area contributed by atoms with E-state index in [2.05, 4.69) is 31.2 Å². The monoisotopic (exact) mass is 268 g/mol. The van der Waals surface area contributed by atoms with E-state index in [-0.39, 0.29) is 12.0 Å². The van der Waals surface area contributed by atoms with Crippen LogP contribution in [0.5, 0.6) is 0 Å². The lowest BCUT2D eigenvalue weighted by molar-refractivity contribution is 0.247. The number of nitrogens with one attached hydrogen (secondary N) is 1. The Bertz CT molecular complexity index is 398. The molecule has 0 amide bonds. The van der Waals surface area contributed by atoms with E-state index in [1.807, 2.05) is 11.7 Å². The normalized spacial score (nSPS) is 11.8. The summed E-state index contributed by atoms with van der Waals surface area (Å²) in [6, 6.07) is 0. The molecule has 0 fully saturated rings. The maximum atomic E-state index is 8.91. The molecule has 5 heteroatoms. The minimum Gasteiger partial charge on any atom is -0.396 e. The molecule has 0 aliphatic heterocycles. The Morgan fingerprint density at radius 1 is 1.42 bits per heavy atom. The highest BCUT2D eigenvalue weighted by Gasteiger charge is 2.19. The lowest BCUT2D eigenvalue weighted by Crippen LogP contribution is -2.24. The summed E-state index contributed by atoms with van der Waals surface area (Å²) in [6.07, 6.45) is 3.77. The Labute approximate surface area is 116 Å². The summed E-state index contributed by atoms with van der Waals surface area (Å²) < 4.78 is 1.82. The van der Waals surface area contributed by atoms with Gasteiger partial charge in [-0.05, 0) is 24.7 Å². The van der Waals surface area contributed by atoms with Crippen LogP contribution in [-0.2, 0) is 13.5 Å². The van der Waals surface area contributed by atoms with E-state index in [1.165, 1.54) is 0 Å². The second kappa shape index (κ2) is 6.80. The van der Waals surface area contributed by atoms with E-state index in [4.69, 9.17) is 10.8 Å². The Morgan fingerprint density at radius 3 is 2.68 bits per heavy atom. The minimum atomic E-state index is 0.129. The maximum absolute atomic E-state index is 8.91. The minimum absolute atomic E-state index is 0.129. The number of nitrogen functional groups attached to an aromatic ring is 1. The van der Waals surface area contributed by atoms with Crippen LogP contribution in [0.25, 0.3) is 0 Å². The number of aliphatic hydroxyl groups excluding tert-OH is 1. The molecule has 0 atom stereocenters. The van der Waals surface area contributed by atoms with Crippen LogP contribution < -0.4 is 11.1 Å². The van der Waals surface area contributed by atoms with E-state index in [1.54, 1.807) is 0 Å². The van der Waals surface area contributed by atoms with E-state index in [9.17, 15) is 0 Å². The average Bonchev–Trinajstić information content (AvgIpc) is 2.61. The van der Waals surface area contributed by atoms with Crippen LogP contribution in [0, 0.1) is 5.41 Å². The van der Waals surface area contributed by atoms with Crippen molar-refractivity contribution in [1.82, 2.24) is 9.78 Å². The molecule has 0 saturated heterocycles. The highest BCUT2D eigenvalue weighted by molar-refractivity contribution is 5.65. The first kappa shape index (κ1) is 15.8. The third kappa shape index (κ3) is 4.42. The average molecular weight is 268 g/mol. The van der Waals surface area contributed by atoms with Crippen LogP contribution in [0.2, 0.25) is 0 Å². The van der Waals surface area contributed by atoms with Crippen LogP contribution in [0.4, 0.5) is 11.5 Å². The topological polar surface area (TPSA) is 76.1 Å². The molecule has 110 valence electrons. The summed E-state index contributed by atoms with van der Waals surface area (Å²) in [4.78, 5) is 0. The third-order valence-electron chi connectivity index (χ3n) is 3.39. The van der Waals surface area contributed by atoms with Crippen LogP contribution in [0.1, 0.15) is 45.7 Å². The van der Waals surface area contributed by atoms with Gasteiger partial charge in [-0.15, -0.1) is 0 Å². The second-order valence-corrected chi connectivity index (χ2v) is 5.93. The van der Waals surface area contributed by atoms with Crippen molar-refractivity contribution >= 4 is 11.5 Å². The molecular weight excluding hydrogens is 240 g/mol. The second-order valence-electron chi connectivity index (χ2n) is 5.93. The van der Waals surface area contributed by atoms with E-state index >= 15 is 0 Å². The fourth-order valence-corrected chi connectivity index (χ4v) is 2.20. The number of aliphatic hydroxyl groups is 1. The number of nitrogens with zero attached hydrogens (tertiary/aromatic N) is 2. The fraction of sp³-hybridized carbons (Fsp3) is 0.786. The molecule has 1 heterocycles. The maximum Gasteiger partial charge on any atom is 0.147 e. The number of hydrogen-bond acceptors (Lipinski definition) is 4. The van der Waals surface area contributed by atoms with Gasteiger partial charge in [-0.3, -0.25) is 4.68 Å². The predicted octanol–water partition coefficient (Wildman–Crippen LogP) is 2.17. The van der Waals surface area contributed by atoms with Crippen molar-refractivity contribution < 1.29 is 5.11 Å². The molecule has 0 aromatic carbocycles. The lowest BCUT2D eigenvalue weighted by Gasteiger charge is -2.25. The quantitative estimate of drug-likeness (QED) is 0.675. The zero-order valence-corrected chi connectivity index (χ0v) is 12.7. The van der Waals surface area contributed by atoms with Gasteiger partial charge in [0, 0.05) is 20.2 Å². The number of nitrogens with two attached hydrogens (primary N) is 1. The Hall–Kier alpha value is -1.23. The molecule has 0 radical (unpaired) electrons. The smallest absolute Gasteiger partial charge is 0.147 e. The van der Waals surface area contributed by atoms with E-state index in [0.717, 1.165) is 49.4 Å². The molecule has 0 spiro atoms. The molecule has 0 aliphatic rings. The van der Waals surface area contributed by atoms with Crippen molar-refractivity contribution in [2.45, 2.75) is 46.5 Å². The fourth-order valence-electron chi connectivity index (χ4n) is 2.20. The van der Waals surface area contributed by atoms with Crippen molar-refractivity contribution in [3.8, 4) is 0 Å². The zero-order chi connectivity index (χ0) is 14.5. The van der Waals surface area contributed by atoms with Gasteiger partial charge in [-0.2, -0.15) is 5.10 Å². The summed E-state index contributed by atoms with van der Waals surface area (Å²) in [7, 11) is 1.92. The number of aryl methyl sites for hydroxylation is 2. The Balaban J connectivity index is 2.67. The van der Waals surface area contributed by atoms with Gasteiger partial charge in [0.2, 0.25) is 0 Å². The Kier molecular flexibility index (Phi) is 5.66. The van der Waals surface area contributed by atoms with Gasteiger partial charge in [0.25, 0.3) is 0 Å². The molecular formula is C14H28N4O. The van der Waals surface area contributed by atoms with Gasteiger partial charge in [-0.25, -0.2) is 0 Å². The molecule has 1 rings (SSSR count). The van der Waals surface area contributed by atoms with Gasteiger partial charge in [-0.1, -0.05) is 27.2 Å². The van der Waals surface area contributed by atoms with Gasteiger partial charge < -0.3 is 16.2 Å². The van der Waals surface area contributed by atoms with Crippen molar-refractivity contribution in [1.29, 1.82) is 0 Å². The van der Waals surface area contributed by atoms with Crippen molar-refractivity contribution in [2.24, 2.45) is 12.5 Å². The van der Waals surface area contributed by atoms with Crippen LogP contribution >= 0.6 is 0 Å². The molecule has 0 unspecified atom stereocenters. The molecule has 1 aromatic heterocycles. The third-order valence-corrected chi connectivity index (χ3v) is 3.39. The highest BCUT2D eigenvalue weighted by Crippen LogP contribution is 2.27. The summed E-state index contributed by atoms with van der Waals surface area (Å²) >= 11 is 0.